The molecule has 3 aromatic rings. The predicted octanol–water partition coefficient (Wildman–Crippen LogP) is 7.99. The lowest BCUT2D eigenvalue weighted by atomic mass is 9.95. The molecule has 3 fully saturated rings. The van der Waals surface area contributed by atoms with Crippen molar-refractivity contribution in [3.8, 4) is 5.75 Å². The number of aromatic nitrogens is 1. The van der Waals surface area contributed by atoms with Crippen molar-refractivity contribution in [2.24, 2.45) is 0 Å². The van der Waals surface area contributed by atoms with Crippen LogP contribution in [0.1, 0.15) is 110 Å². The highest BCUT2D eigenvalue weighted by Crippen LogP contribution is 2.39. The molecule has 11 heteroatoms. The van der Waals surface area contributed by atoms with Crippen molar-refractivity contribution < 1.29 is 22.5 Å². The fourth-order valence-corrected chi connectivity index (χ4v) is 10.8. The van der Waals surface area contributed by atoms with Crippen molar-refractivity contribution in [1.82, 2.24) is 14.8 Å². The molecular formula is C43H64N4O5S2. The van der Waals surface area contributed by atoms with Gasteiger partial charge in [0.15, 0.2) is 0 Å². The molecule has 3 saturated heterocycles. The first kappa shape index (κ1) is 41.1. The Hall–Kier alpha value is -2.57. The Kier molecular flexibility index (Phi) is 15.2. The van der Waals surface area contributed by atoms with Crippen LogP contribution in [0.15, 0.2) is 63.3 Å². The first-order chi connectivity index (χ1) is 26.2. The molecule has 1 N–H and O–H groups in total. The van der Waals surface area contributed by atoms with Crippen LogP contribution in [0.2, 0.25) is 0 Å². The van der Waals surface area contributed by atoms with Gasteiger partial charge in [-0.3, -0.25) is 14.1 Å². The van der Waals surface area contributed by atoms with Crippen LogP contribution in [0.25, 0.3) is 10.9 Å². The van der Waals surface area contributed by atoms with Gasteiger partial charge in [0.25, 0.3) is 0 Å². The summed E-state index contributed by atoms with van der Waals surface area (Å²) in [5, 5.41) is 10.9. The number of unbranched alkanes of at least 4 members (excludes halogenated alkanes) is 9. The number of ether oxygens (including phenoxy) is 1. The highest BCUT2D eigenvalue weighted by atomic mass is 32.2. The van der Waals surface area contributed by atoms with E-state index in [9.17, 15) is 17.7 Å². The smallest absolute Gasteiger partial charge is 0.210 e. The van der Waals surface area contributed by atoms with E-state index in [-0.39, 0.29) is 15.9 Å². The number of piperidine rings is 3. The van der Waals surface area contributed by atoms with Crippen LogP contribution in [0.3, 0.4) is 0 Å². The third-order valence-electron chi connectivity index (χ3n) is 12.0. The van der Waals surface area contributed by atoms with Crippen LogP contribution in [-0.4, -0.2) is 103 Å². The second-order valence-electron chi connectivity index (χ2n) is 15.9. The third kappa shape index (κ3) is 10.6. The quantitative estimate of drug-likeness (QED) is 0.129. The average Bonchev–Trinajstić information content (AvgIpc) is 3.19. The van der Waals surface area contributed by atoms with Crippen LogP contribution in [0.4, 0.5) is 5.69 Å². The summed E-state index contributed by atoms with van der Waals surface area (Å²) >= 11 is 0. The molecule has 0 aliphatic carbocycles. The molecule has 0 saturated carbocycles. The highest BCUT2D eigenvalue weighted by Gasteiger charge is 2.34. The van der Waals surface area contributed by atoms with E-state index in [0.29, 0.717) is 40.5 Å². The molecular weight excluding hydrogens is 717 g/mol. The van der Waals surface area contributed by atoms with Crippen LogP contribution < -0.4 is 9.64 Å². The molecule has 54 heavy (non-hydrogen) atoms. The van der Waals surface area contributed by atoms with E-state index in [0.717, 1.165) is 96.0 Å². The van der Waals surface area contributed by atoms with E-state index < -0.39 is 20.6 Å². The van der Waals surface area contributed by atoms with Crippen LogP contribution in [0.5, 0.6) is 5.75 Å². The number of fused-ring (bicyclic) bond motifs is 1. The Morgan fingerprint density at radius 2 is 1.43 bits per heavy atom. The minimum Gasteiger partial charge on any atom is -0.494 e. The summed E-state index contributed by atoms with van der Waals surface area (Å²) in [5.74, 6) is 0.677. The zero-order valence-corrected chi connectivity index (χ0v) is 34.4. The summed E-state index contributed by atoms with van der Waals surface area (Å²) < 4.78 is 47.4. The van der Waals surface area contributed by atoms with E-state index in [2.05, 4.69) is 26.6 Å². The molecule has 4 heterocycles. The third-order valence-corrected chi connectivity index (χ3v) is 14.7. The summed E-state index contributed by atoms with van der Waals surface area (Å²) in [6.07, 6.45) is 21.8. The number of anilines is 1. The Balaban J connectivity index is 1.09. The van der Waals surface area contributed by atoms with Gasteiger partial charge in [-0.1, -0.05) is 64.7 Å². The minimum absolute atomic E-state index is 0.190. The van der Waals surface area contributed by atoms with E-state index in [4.69, 9.17) is 4.74 Å². The molecule has 2 aromatic carbocycles. The van der Waals surface area contributed by atoms with Gasteiger partial charge >= 0.3 is 0 Å². The number of likely N-dealkylation sites (tertiary alicyclic amines) is 2. The number of sulfone groups is 1. The number of β-amino-alcohol motifs (C(OH)–C–C–N with tert-alkyl or cyclic N) is 1. The van der Waals surface area contributed by atoms with Crippen molar-refractivity contribution in [2.75, 3.05) is 57.0 Å². The Morgan fingerprint density at radius 3 is 2.07 bits per heavy atom. The monoisotopic (exact) mass is 780 g/mol. The van der Waals surface area contributed by atoms with Gasteiger partial charge in [0.05, 0.1) is 28.8 Å². The fraction of sp³-hybridized carbons (Fsp3) is 0.651. The van der Waals surface area contributed by atoms with Gasteiger partial charge in [0.1, 0.15) is 10.6 Å². The van der Waals surface area contributed by atoms with Crippen molar-refractivity contribution >= 4 is 37.2 Å². The molecule has 2 unspecified atom stereocenters. The summed E-state index contributed by atoms with van der Waals surface area (Å²) in [5.41, 5.74) is 1.36. The molecule has 0 radical (unpaired) electrons. The number of hydrogen-bond donors (Lipinski definition) is 1. The molecule has 3 aliphatic rings. The zero-order valence-electron chi connectivity index (χ0n) is 32.8. The van der Waals surface area contributed by atoms with Gasteiger partial charge in [-0.05, 0) is 107 Å². The lowest BCUT2D eigenvalue weighted by molar-refractivity contribution is 0.0170. The molecule has 0 bridgehead atoms. The maximum Gasteiger partial charge on any atom is 0.210 e. The minimum atomic E-state index is -3.93. The summed E-state index contributed by atoms with van der Waals surface area (Å²) in [6, 6.07) is 13.4. The molecule has 1 aromatic heterocycles. The molecule has 6 rings (SSSR count). The number of nitrogens with zero attached hydrogens (tertiary/aromatic N) is 4. The zero-order chi connectivity index (χ0) is 37.9. The molecule has 3 aliphatic heterocycles. The summed E-state index contributed by atoms with van der Waals surface area (Å²) in [4.78, 5) is 13.0. The first-order valence-corrected chi connectivity index (χ1v) is 23.9. The second kappa shape index (κ2) is 20.0. The first-order valence-electron chi connectivity index (χ1n) is 20.9. The Labute approximate surface area is 327 Å². The van der Waals surface area contributed by atoms with Gasteiger partial charge in [-0.25, -0.2) is 8.42 Å². The Morgan fingerprint density at radius 1 is 0.796 bits per heavy atom. The second-order valence-corrected chi connectivity index (χ2v) is 19.2. The van der Waals surface area contributed by atoms with E-state index in [1.54, 1.807) is 30.5 Å². The number of benzene rings is 2. The average molecular weight is 781 g/mol. The van der Waals surface area contributed by atoms with E-state index >= 15 is 0 Å². The van der Waals surface area contributed by atoms with Crippen molar-refractivity contribution in [1.29, 1.82) is 0 Å². The number of aliphatic hydroxyl groups is 1. The standard InChI is InChI=1S/C43H64N4O5S2/c1-3-4-5-6-7-8-9-10-11-12-30-52-37-15-18-39(19-16-37)54(50,51)42-32-44-41-20-17-38(53(2)49)31-40(41)43(42)46-28-23-34(24-29-46)45-26-21-35(22-27-45)47-25-13-14-36(48)33-47/h15-20,31-32,34-36,48H,3-14,21-30,33H2,1-2H3. The molecule has 0 spiro atoms. The van der Waals surface area contributed by atoms with Gasteiger partial charge in [0.2, 0.25) is 9.84 Å². The number of rotatable bonds is 18. The molecule has 9 nitrogen and oxygen atoms in total. The van der Waals surface area contributed by atoms with Crippen molar-refractivity contribution in [3.05, 3.63) is 48.7 Å². The summed E-state index contributed by atoms with van der Waals surface area (Å²) in [7, 11) is -5.15. The lowest BCUT2D eigenvalue weighted by Crippen LogP contribution is -2.53. The van der Waals surface area contributed by atoms with E-state index in [1.807, 2.05) is 18.2 Å². The number of aliphatic hydroxyl groups excluding tert-OH is 1. The highest BCUT2D eigenvalue weighted by molar-refractivity contribution is 7.91. The maximum atomic E-state index is 14.4. The maximum absolute atomic E-state index is 14.4. The van der Waals surface area contributed by atoms with Crippen molar-refractivity contribution in [2.45, 2.75) is 143 Å². The van der Waals surface area contributed by atoms with E-state index in [1.165, 1.54) is 57.6 Å². The van der Waals surface area contributed by atoms with Gasteiger partial charge in [-0.2, -0.15) is 0 Å². The number of hydrogen-bond acceptors (Lipinski definition) is 9. The number of pyridine rings is 1. The van der Waals surface area contributed by atoms with Gasteiger partial charge in [-0.15, -0.1) is 0 Å². The van der Waals surface area contributed by atoms with Crippen LogP contribution in [-0.2, 0) is 20.6 Å². The largest absolute Gasteiger partial charge is 0.494 e. The van der Waals surface area contributed by atoms with Crippen LogP contribution in [0, 0.1) is 0 Å². The Bertz CT molecular complexity index is 1760. The SMILES string of the molecule is CCCCCCCCCCCCOc1ccc(S(=O)(=O)c2cnc3ccc(S(C)=O)cc3c2N2CCC(N3CCC(N4CCCC(O)C4)CC3)CC2)cc1. The molecule has 298 valence electrons. The molecule has 0 amide bonds. The topological polar surface area (TPSA) is 103 Å². The predicted molar refractivity (Wildman–Crippen MR) is 220 cm³/mol. The molecule has 2 atom stereocenters. The summed E-state index contributed by atoms with van der Waals surface area (Å²) in [6.45, 7) is 8.36. The van der Waals surface area contributed by atoms with Crippen molar-refractivity contribution in [3.63, 3.8) is 0 Å². The fourth-order valence-electron chi connectivity index (χ4n) is 8.85. The van der Waals surface area contributed by atoms with Gasteiger partial charge < -0.3 is 19.6 Å². The van der Waals surface area contributed by atoms with Gasteiger partial charge in [0, 0.05) is 65.3 Å². The lowest BCUT2D eigenvalue weighted by Gasteiger charge is -2.45. The van der Waals surface area contributed by atoms with Crippen LogP contribution >= 0.6 is 0 Å². The normalized spacial score (nSPS) is 20.4.